The monoisotopic (exact) mass is 266 g/mol. The van der Waals surface area contributed by atoms with Crippen LogP contribution in [0.5, 0.6) is 0 Å². The second-order valence-corrected chi connectivity index (χ2v) is 5.44. The Kier molecular flexibility index (Phi) is 4.25. The number of rotatable bonds is 3. The normalized spacial score (nSPS) is 20.2. The highest BCUT2D eigenvalue weighted by atomic mass is 35.5. The van der Waals surface area contributed by atoms with E-state index in [4.69, 9.17) is 11.6 Å². The molecule has 1 aliphatic rings. The summed E-state index contributed by atoms with van der Waals surface area (Å²) in [7, 11) is 4.24. The van der Waals surface area contributed by atoms with Crippen molar-refractivity contribution in [3.05, 3.63) is 28.8 Å². The largest absolute Gasteiger partial charge is 0.370 e. The first-order chi connectivity index (χ1) is 8.61. The molecule has 1 fully saturated rings. The topological polar surface area (TPSA) is 23.6 Å². The van der Waals surface area contributed by atoms with Gasteiger partial charge in [0.05, 0.1) is 5.02 Å². The molecule has 0 radical (unpaired) electrons. The predicted molar refractivity (Wildman–Crippen MR) is 75.8 cm³/mol. The molecule has 0 N–H and O–H groups in total. The SMILES string of the molecule is CN(C)C1CCCN(c2ccc(C=O)c(Cl)c2)C1. The highest BCUT2D eigenvalue weighted by molar-refractivity contribution is 6.33. The maximum atomic E-state index is 10.8. The van der Waals surface area contributed by atoms with E-state index in [0.717, 1.165) is 25.1 Å². The van der Waals surface area contributed by atoms with E-state index in [9.17, 15) is 4.79 Å². The van der Waals surface area contributed by atoms with Crippen molar-refractivity contribution in [1.82, 2.24) is 4.90 Å². The zero-order valence-corrected chi connectivity index (χ0v) is 11.7. The molecule has 3 nitrogen and oxygen atoms in total. The maximum Gasteiger partial charge on any atom is 0.151 e. The molecule has 18 heavy (non-hydrogen) atoms. The Morgan fingerprint density at radius 2 is 2.22 bits per heavy atom. The van der Waals surface area contributed by atoms with Crippen LogP contribution in [0.25, 0.3) is 0 Å². The summed E-state index contributed by atoms with van der Waals surface area (Å²) in [6.07, 6.45) is 3.23. The number of aldehydes is 1. The van der Waals surface area contributed by atoms with E-state index in [-0.39, 0.29) is 0 Å². The van der Waals surface area contributed by atoms with Gasteiger partial charge in [0.25, 0.3) is 0 Å². The summed E-state index contributed by atoms with van der Waals surface area (Å²) in [5.41, 5.74) is 1.67. The number of likely N-dealkylation sites (N-methyl/N-ethyl adjacent to an activating group) is 1. The molecule has 1 atom stereocenters. The molecular weight excluding hydrogens is 248 g/mol. The zero-order valence-electron chi connectivity index (χ0n) is 10.9. The van der Waals surface area contributed by atoms with Crippen molar-refractivity contribution in [2.75, 3.05) is 32.1 Å². The van der Waals surface area contributed by atoms with Gasteiger partial charge in [-0.2, -0.15) is 0 Å². The van der Waals surface area contributed by atoms with Gasteiger partial charge in [-0.25, -0.2) is 0 Å². The third-order valence-electron chi connectivity index (χ3n) is 3.60. The minimum Gasteiger partial charge on any atom is -0.370 e. The van der Waals surface area contributed by atoms with Crippen LogP contribution in [0.2, 0.25) is 5.02 Å². The van der Waals surface area contributed by atoms with E-state index in [1.807, 2.05) is 12.1 Å². The van der Waals surface area contributed by atoms with Crippen LogP contribution in [0.4, 0.5) is 5.69 Å². The third kappa shape index (κ3) is 2.85. The van der Waals surface area contributed by atoms with E-state index >= 15 is 0 Å². The molecule has 0 spiro atoms. The number of piperidine rings is 1. The van der Waals surface area contributed by atoms with Gasteiger partial charge in [-0.3, -0.25) is 4.79 Å². The lowest BCUT2D eigenvalue weighted by Gasteiger charge is -2.37. The molecule has 1 aromatic carbocycles. The minimum absolute atomic E-state index is 0.537. The summed E-state index contributed by atoms with van der Waals surface area (Å²) in [6.45, 7) is 2.07. The third-order valence-corrected chi connectivity index (χ3v) is 3.93. The molecule has 0 aromatic heterocycles. The number of carbonyl (C=O) groups is 1. The average Bonchev–Trinajstić information content (AvgIpc) is 2.38. The first-order valence-electron chi connectivity index (χ1n) is 6.28. The molecule has 98 valence electrons. The van der Waals surface area contributed by atoms with Crippen molar-refractivity contribution < 1.29 is 4.79 Å². The minimum atomic E-state index is 0.537. The second kappa shape index (κ2) is 5.72. The van der Waals surface area contributed by atoms with Crippen molar-refractivity contribution in [2.24, 2.45) is 0 Å². The Labute approximate surface area is 113 Å². The van der Waals surface area contributed by atoms with Gasteiger partial charge in [-0.1, -0.05) is 11.6 Å². The Morgan fingerprint density at radius 3 is 2.83 bits per heavy atom. The van der Waals surface area contributed by atoms with Crippen LogP contribution in [0.1, 0.15) is 23.2 Å². The van der Waals surface area contributed by atoms with E-state index in [0.29, 0.717) is 16.6 Å². The molecule has 1 heterocycles. The van der Waals surface area contributed by atoms with Crippen molar-refractivity contribution in [1.29, 1.82) is 0 Å². The van der Waals surface area contributed by atoms with E-state index in [2.05, 4.69) is 23.9 Å². The van der Waals surface area contributed by atoms with Gasteiger partial charge in [0.2, 0.25) is 0 Å². The van der Waals surface area contributed by atoms with Gasteiger partial charge in [-0.05, 0) is 45.1 Å². The number of halogens is 1. The quantitative estimate of drug-likeness (QED) is 0.786. The van der Waals surface area contributed by atoms with Crippen LogP contribution in [0.15, 0.2) is 18.2 Å². The van der Waals surface area contributed by atoms with Crippen molar-refractivity contribution in [2.45, 2.75) is 18.9 Å². The van der Waals surface area contributed by atoms with Gasteiger partial charge in [-0.15, -0.1) is 0 Å². The van der Waals surface area contributed by atoms with E-state index < -0.39 is 0 Å². The van der Waals surface area contributed by atoms with Crippen LogP contribution >= 0.6 is 11.6 Å². The molecule has 4 heteroatoms. The molecule has 1 saturated heterocycles. The van der Waals surface area contributed by atoms with Crippen molar-refractivity contribution >= 4 is 23.6 Å². The van der Waals surface area contributed by atoms with E-state index in [1.165, 1.54) is 12.8 Å². The first-order valence-corrected chi connectivity index (χ1v) is 6.65. The molecule has 0 amide bonds. The molecular formula is C14H19ClN2O. The summed E-state index contributed by atoms with van der Waals surface area (Å²) >= 11 is 6.08. The summed E-state index contributed by atoms with van der Waals surface area (Å²) in [4.78, 5) is 15.4. The van der Waals surface area contributed by atoms with Gasteiger partial charge in [0.1, 0.15) is 0 Å². The fraction of sp³-hybridized carbons (Fsp3) is 0.500. The number of nitrogens with zero attached hydrogens (tertiary/aromatic N) is 2. The lowest BCUT2D eigenvalue weighted by molar-refractivity contribution is 0.112. The fourth-order valence-electron chi connectivity index (χ4n) is 2.42. The molecule has 1 aliphatic heterocycles. The number of hydrogen-bond acceptors (Lipinski definition) is 3. The lowest BCUT2D eigenvalue weighted by Crippen LogP contribution is -2.45. The Bertz CT molecular complexity index is 434. The van der Waals surface area contributed by atoms with Crippen LogP contribution < -0.4 is 4.90 Å². The number of anilines is 1. The standard InChI is InChI=1S/C14H19ClN2O/c1-16(2)13-4-3-7-17(9-13)12-6-5-11(10-18)14(15)8-12/h5-6,8,10,13H,3-4,7,9H2,1-2H3. The van der Waals surface area contributed by atoms with Crippen LogP contribution in [0, 0.1) is 0 Å². The second-order valence-electron chi connectivity index (χ2n) is 5.03. The maximum absolute atomic E-state index is 10.8. The summed E-state index contributed by atoms with van der Waals surface area (Å²) in [5.74, 6) is 0. The molecule has 0 aliphatic carbocycles. The van der Waals surface area contributed by atoms with Crippen molar-refractivity contribution in [3.8, 4) is 0 Å². The number of carbonyl (C=O) groups excluding carboxylic acids is 1. The smallest absolute Gasteiger partial charge is 0.151 e. The van der Waals surface area contributed by atoms with Crippen LogP contribution in [-0.2, 0) is 0 Å². The fourth-order valence-corrected chi connectivity index (χ4v) is 2.64. The number of hydrogen-bond donors (Lipinski definition) is 0. The Hall–Kier alpha value is -1.06. The van der Waals surface area contributed by atoms with Crippen LogP contribution in [-0.4, -0.2) is 44.4 Å². The van der Waals surface area contributed by atoms with Crippen molar-refractivity contribution in [3.63, 3.8) is 0 Å². The Morgan fingerprint density at radius 1 is 1.44 bits per heavy atom. The molecule has 0 bridgehead atoms. The van der Waals surface area contributed by atoms with Crippen LogP contribution in [0.3, 0.4) is 0 Å². The summed E-state index contributed by atoms with van der Waals surface area (Å²) in [6, 6.07) is 6.25. The summed E-state index contributed by atoms with van der Waals surface area (Å²) in [5, 5.41) is 0.537. The number of benzene rings is 1. The molecule has 1 unspecified atom stereocenters. The average molecular weight is 267 g/mol. The van der Waals surface area contributed by atoms with Gasteiger partial charge in [0.15, 0.2) is 6.29 Å². The molecule has 2 rings (SSSR count). The molecule has 1 aromatic rings. The first kappa shape index (κ1) is 13.4. The van der Waals surface area contributed by atoms with Gasteiger partial charge in [0, 0.05) is 30.4 Å². The molecule has 0 saturated carbocycles. The zero-order chi connectivity index (χ0) is 13.1. The lowest BCUT2D eigenvalue weighted by atomic mass is 10.0. The Balaban J connectivity index is 2.15. The van der Waals surface area contributed by atoms with E-state index in [1.54, 1.807) is 6.07 Å². The highest BCUT2D eigenvalue weighted by Gasteiger charge is 2.21. The van der Waals surface area contributed by atoms with Gasteiger partial charge >= 0.3 is 0 Å². The predicted octanol–water partition coefficient (Wildman–Crippen LogP) is 2.68. The highest BCUT2D eigenvalue weighted by Crippen LogP contribution is 2.26. The summed E-state index contributed by atoms with van der Waals surface area (Å²) < 4.78 is 0. The van der Waals surface area contributed by atoms with Gasteiger partial charge < -0.3 is 9.80 Å².